The topological polar surface area (TPSA) is 50.9 Å². The molecule has 2 heterocycles. The summed E-state index contributed by atoms with van der Waals surface area (Å²) in [6.07, 6.45) is 4.16. The molecule has 3 nitrogen and oxygen atoms in total. The highest BCUT2D eigenvalue weighted by Crippen LogP contribution is 2.21. The first kappa shape index (κ1) is 7.55. The Kier molecular flexibility index (Phi) is 1.96. The lowest BCUT2D eigenvalue weighted by atomic mass is 10.1. The van der Waals surface area contributed by atoms with Gasteiger partial charge in [0.1, 0.15) is 0 Å². The van der Waals surface area contributed by atoms with E-state index in [0.717, 1.165) is 17.9 Å². The molecule has 2 rings (SSSR count). The fraction of sp³-hybridized carbons (Fsp3) is 0.444. The van der Waals surface area contributed by atoms with E-state index >= 15 is 0 Å². The van der Waals surface area contributed by atoms with Crippen molar-refractivity contribution in [3.05, 3.63) is 24.0 Å². The molecule has 0 aliphatic carbocycles. The molecule has 0 aromatic carbocycles. The van der Waals surface area contributed by atoms with Crippen LogP contribution in [0.5, 0.6) is 0 Å². The maximum Gasteiger partial charge on any atom is 0.0574 e. The third kappa shape index (κ3) is 1.41. The Balaban J connectivity index is 2.17. The second-order valence-corrected chi connectivity index (χ2v) is 3.17. The van der Waals surface area contributed by atoms with Crippen molar-refractivity contribution in [1.82, 2.24) is 10.3 Å². The third-order valence-corrected chi connectivity index (χ3v) is 2.23. The van der Waals surface area contributed by atoms with Gasteiger partial charge in [-0.25, -0.2) is 0 Å². The Morgan fingerprint density at radius 2 is 2.42 bits per heavy atom. The third-order valence-electron chi connectivity index (χ3n) is 2.23. The van der Waals surface area contributed by atoms with Gasteiger partial charge in [0.25, 0.3) is 0 Å². The minimum Gasteiger partial charge on any atom is -0.397 e. The highest BCUT2D eigenvalue weighted by Gasteiger charge is 2.16. The summed E-state index contributed by atoms with van der Waals surface area (Å²) in [7, 11) is 0. The molecule has 1 aliphatic rings. The predicted octanol–water partition coefficient (Wildman–Crippen LogP) is 1.09. The lowest BCUT2D eigenvalue weighted by Gasteiger charge is -2.08. The van der Waals surface area contributed by atoms with E-state index in [1.165, 1.54) is 12.8 Å². The van der Waals surface area contributed by atoms with Crippen molar-refractivity contribution in [3.8, 4) is 0 Å². The van der Waals surface area contributed by atoms with Crippen LogP contribution in [0.1, 0.15) is 24.6 Å². The summed E-state index contributed by atoms with van der Waals surface area (Å²) in [6.45, 7) is 1.11. The van der Waals surface area contributed by atoms with Crippen LogP contribution in [0, 0.1) is 0 Å². The second-order valence-electron chi connectivity index (χ2n) is 3.17. The summed E-state index contributed by atoms with van der Waals surface area (Å²) in [5.41, 5.74) is 7.39. The van der Waals surface area contributed by atoms with E-state index in [0.29, 0.717) is 6.04 Å². The number of hydrogen-bond donors (Lipinski definition) is 2. The van der Waals surface area contributed by atoms with Crippen LogP contribution in [0.2, 0.25) is 0 Å². The Morgan fingerprint density at radius 1 is 1.50 bits per heavy atom. The van der Waals surface area contributed by atoms with Crippen molar-refractivity contribution in [1.29, 1.82) is 0 Å². The number of nitrogens with zero attached hydrogens (tertiary/aromatic N) is 1. The van der Waals surface area contributed by atoms with E-state index in [4.69, 9.17) is 5.73 Å². The standard InChI is InChI=1S/C9H13N3/c10-7-3-4-9(12-6-7)8-2-1-5-11-8/h3-4,6,8,11H,1-2,5,10H2/t8-/m1/s1. The number of nitrogen functional groups attached to an aromatic ring is 1. The van der Waals surface area contributed by atoms with Gasteiger partial charge >= 0.3 is 0 Å². The van der Waals surface area contributed by atoms with Crippen LogP contribution < -0.4 is 11.1 Å². The Hall–Kier alpha value is -1.09. The van der Waals surface area contributed by atoms with Gasteiger partial charge in [-0.2, -0.15) is 0 Å². The molecule has 0 bridgehead atoms. The van der Waals surface area contributed by atoms with E-state index < -0.39 is 0 Å². The first-order chi connectivity index (χ1) is 5.86. The zero-order valence-corrected chi connectivity index (χ0v) is 6.96. The zero-order valence-electron chi connectivity index (χ0n) is 6.96. The maximum absolute atomic E-state index is 5.54. The van der Waals surface area contributed by atoms with Gasteiger partial charge in [-0.05, 0) is 31.5 Å². The molecular formula is C9H13N3. The summed E-state index contributed by atoms with van der Waals surface area (Å²) >= 11 is 0. The SMILES string of the molecule is Nc1ccc([C@H]2CCCN2)nc1. The highest BCUT2D eigenvalue weighted by atomic mass is 15.0. The number of pyridine rings is 1. The van der Waals surface area contributed by atoms with Crippen LogP contribution in [-0.2, 0) is 0 Å². The summed E-state index contributed by atoms with van der Waals surface area (Å²) in [5, 5.41) is 3.39. The summed E-state index contributed by atoms with van der Waals surface area (Å²) in [4.78, 5) is 4.27. The van der Waals surface area contributed by atoms with Crippen LogP contribution in [0.4, 0.5) is 5.69 Å². The highest BCUT2D eigenvalue weighted by molar-refractivity contribution is 5.35. The molecule has 0 saturated carbocycles. The van der Waals surface area contributed by atoms with Gasteiger partial charge in [0, 0.05) is 6.04 Å². The smallest absolute Gasteiger partial charge is 0.0574 e. The summed E-state index contributed by atoms with van der Waals surface area (Å²) < 4.78 is 0. The molecule has 3 N–H and O–H groups in total. The molecule has 3 heteroatoms. The average molecular weight is 163 g/mol. The van der Waals surface area contributed by atoms with Gasteiger partial charge in [0.05, 0.1) is 17.6 Å². The number of anilines is 1. The second kappa shape index (κ2) is 3.11. The van der Waals surface area contributed by atoms with E-state index in [-0.39, 0.29) is 0 Å². The van der Waals surface area contributed by atoms with Crippen LogP contribution in [0.25, 0.3) is 0 Å². The Morgan fingerprint density at radius 3 is 3.00 bits per heavy atom. The van der Waals surface area contributed by atoms with Crippen LogP contribution in [-0.4, -0.2) is 11.5 Å². The van der Waals surface area contributed by atoms with Gasteiger partial charge in [0.15, 0.2) is 0 Å². The van der Waals surface area contributed by atoms with E-state index in [2.05, 4.69) is 10.3 Å². The first-order valence-electron chi connectivity index (χ1n) is 4.31. The lowest BCUT2D eigenvalue weighted by Crippen LogP contribution is -2.14. The van der Waals surface area contributed by atoms with E-state index in [1.807, 2.05) is 12.1 Å². The minimum atomic E-state index is 0.450. The molecule has 1 atom stereocenters. The number of rotatable bonds is 1. The number of aromatic nitrogens is 1. The molecule has 1 aliphatic heterocycles. The lowest BCUT2D eigenvalue weighted by molar-refractivity contribution is 0.628. The number of nitrogens with one attached hydrogen (secondary N) is 1. The molecule has 0 unspecified atom stereocenters. The van der Waals surface area contributed by atoms with Gasteiger partial charge in [0.2, 0.25) is 0 Å². The van der Waals surface area contributed by atoms with Crippen LogP contribution in [0.3, 0.4) is 0 Å². The van der Waals surface area contributed by atoms with Crippen molar-refractivity contribution in [2.75, 3.05) is 12.3 Å². The van der Waals surface area contributed by atoms with Gasteiger partial charge in [-0.15, -0.1) is 0 Å². The molecule has 0 amide bonds. The number of hydrogen-bond acceptors (Lipinski definition) is 3. The molecule has 0 radical (unpaired) electrons. The minimum absolute atomic E-state index is 0.450. The zero-order chi connectivity index (χ0) is 8.39. The Bertz CT molecular complexity index is 249. The van der Waals surface area contributed by atoms with Crippen LogP contribution >= 0.6 is 0 Å². The molecule has 64 valence electrons. The van der Waals surface area contributed by atoms with Crippen molar-refractivity contribution in [2.45, 2.75) is 18.9 Å². The van der Waals surface area contributed by atoms with E-state index in [9.17, 15) is 0 Å². The molecular weight excluding hydrogens is 150 g/mol. The van der Waals surface area contributed by atoms with Crippen molar-refractivity contribution < 1.29 is 0 Å². The van der Waals surface area contributed by atoms with Gasteiger partial charge in [-0.1, -0.05) is 0 Å². The largest absolute Gasteiger partial charge is 0.397 e. The van der Waals surface area contributed by atoms with Crippen molar-refractivity contribution >= 4 is 5.69 Å². The van der Waals surface area contributed by atoms with Gasteiger partial charge < -0.3 is 11.1 Å². The summed E-state index contributed by atoms with van der Waals surface area (Å²) in [6, 6.07) is 4.35. The molecule has 1 aromatic heterocycles. The predicted molar refractivity (Wildman–Crippen MR) is 48.6 cm³/mol. The van der Waals surface area contributed by atoms with Crippen molar-refractivity contribution in [2.24, 2.45) is 0 Å². The summed E-state index contributed by atoms with van der Waals surface area (Å²) in [5.74, 6) is 0. The van der Waals surface area contributed by atoms with Gasteiger partial charge in [-0.3, -0.25) is 4.98 Å². The van der Waals surface area contributed by atoms with Crippen LogP contribution in [0.15, 0.2) is 18.3 Å². The van der Waals surface area contributed by atoms with E-state index in [1.54, 1.807) is 6.20 Å². The average Bonchev–Trinajstić information content (AvgIpc) is 2.58. The Labute approximate surface area is 72.0 Å². The molecule has 1 saturated heterocycles. The first-order valence-corrected chi connectivity index (χ1v) is 4.31. The molecule has 0 spiro atoms. The fourth-order valence-corrected chi connectivity index (χ4v) is 1.56. The van der Waals surface area contributed by atoms with Crippen molar-refractivity contribution in [3.63, 3.8) is 0 Å². The molecule has 1 aromatic rings. The quantitative estimate of drug-likeness (QED) is 0.651. The fourth-order valence-electron chi connectivity index (χ4n) is 1.56. The molecule has 12 heavy (non-hydrogen) atoms. The normalized spacial score (nSPS) is 22.8. The maximum atomic E-state index is 5.54. The monoisotopic (exact) mass is 163 g/mol. The number of nitrogens with two attached hydrogens (primary N) is 1. The molecule has 1 fully saturated rings.